The summed E-state index contributed by atoms with van der Waals surface area (Å²) in [6.07, 6.45) is 9.58. The SMILES string of the molecule is C[C@H]1C/C=C\C[C@H](O)[C@@H]2CC[C@H]2CN2C[C@@]3(CCCc4cc(Cl)ccc43)COc3ccc(cc32)C(=O)NS(=O)(=O)[C@H]1C. The summed E-state index contributed by atoms with van der Waals surface area (Å²) in [6.45, 7) is 5.44. The van der Waals surface area contributed by atoms with Gasteiger partial charge in [0.15, 0.2) is 0 Å². The first-order chi connectivity index (χ1) is 20.1. The fourth-order valence-electron chi connectivity index (χ4n) is 7.37. The lowest BCUT2D eigenvalue weighted by atomic mass is 9.68. The van der Waals surface area contributed by atoms with Gasteiger partial charge in [-0.05, 0) is 111 Å². The summed E-state index contributed by atoms with van der Waals surface area (Å²) < 4.78 is 35.2. The van der Waals surface area contributed by atoms with Crippen molar-refractivity contribution in [3.63, 3.8) is 0 Å². The van der Waals surface area contributed by atoms with E-state index < -0.39 is 27.3 Å². The number of fused-ring (bicyclic) bond motifs is 4. The molecule has 1 saturated carbocycles. The average Bonchev–Trinajstić information content (AvgIpc) is 3.09. The van der Waals surface area contributed by atoms with E-state index in [0.717, 1.165) is 49.4 Å². The molecule has 6 rings (SSSR count). The van der Waals surface area contributed by atoms with Crippen LogP contribution in [0.5, 0.6) is 5.75 Å². The Morgan fingerprint density at radius 2 is 1.90 bits per heavy atom. The van der Waals surface area contributed by atoms with Crippen LogP contribution in [0.25, 0.3) is 0 Å². The van der Waals surface area contributed by atoms with E-state index in [1.165, 1.54) is 11.1 Å². The molecule has 2 bridgehead atoms. The van der Waals surface area contributed by atoms with Gasteiger partial charge in [0.1, 0.15) is 5.75 Å². The molecule has 226 valence electrons. The fraction of sp³-hybridized carbons (Fsp3) is 0.545. The normalized spacial score (nSPS) is 33.6. The first kappa shape index (κ1) is 29.5. The summed E-state index contributed by atoms with van der Waals surface area (Å²) in [5, 5.41) is 11.1. The molecular weight excluding hydrogens is 572 g/mol. The monoisotopic (exact) mass is 612 g/mol. The summed E-state index contributed by atoms with van der Waals surface area (Å²) >= 11 is 6.39. The van der Waals surface area contributed by atoms with Crippen LogP contribution in [0, 0.1) is 17.8 Å². The van der Waals surface area contributed by atoms with E-state index in [0.29, 0.717) is 37.7 Å². The minimum absolute atomic E-state index is 0.189. The first-order valence-corrected chi connectivity index (χ1v) is 17.2. The maximum Gasteiger partial charge on any atom is 0.264 e. The number of ether oxygens (including phenoxy) is 1. The molecule has 2 heterocycles. The summed E-state index contributed by atoms with van der Waals surface area (Å²) in [6, 6.07) is 11.4. The molecule has 6 atom stereocenters. The molecule has 2 aromatic rings. The van der Waals surface area contributed by atoms with Crippen molar-refractivity contribution < 1.29 is 23.1 Å². The lowest BCUT2D eigenvalue weighted by molar-refractivity contribution is 0.0177. The van der Waals surface area contributed by atoms with Crippen molar-refractivity contribution in [2.45, 2.75) is 75.6 Å². The van der Waals surface area contributed by atoms with Gasteiger partial charge < -0.3 is 14.7 Å². The number of halogens is 1. The highest BCUT2D eigenvalue weighted by molar-refractivity contribution is 7.90. The number of nitrogens with zero attached hydrogens (tertiary/aromatic N) is 1. The largest absolute Gasteiger partial charge is 0.490 e. The number of carbonyl (C=O) groups is 1. The number of allylic oxidation sites excluding steroid dienone is 1. The maximum absolute atomic E-state index is 13.4. The second kappa shape index (κ2) is 11.5. The molecule has 2 aromatic carbocycles. The maximum atomic E-state index is 13.4. The van der Waals surface area contributed by atoms with Crippen LogP contribution in [-0.4, -0.2) is 50.5 Å². The molecule has 0 radical (unpaired) electrons. The highest BCUT2D eigenvalue weighted by Crippen LogP contribution is 2.47. The number of rotatable bonds is 0. The van der Waals surface area contributed by atoms with Gasteiger partial charge in [0.25, 0.3) is 5.91 Å². The van der Waals surface area contributed by atoms with Crippen molar-refractivity contribution in [1.29, 1.82) is 0 Å². The summed E-state index contributed by atoms with van der Waals surface area (Å²) in [5.41, 5.74) is 3.34. The Bertz CT molecular complexity index is 1490. The Kier molecular flexibility index (Phi) is 8.09. The molecule has 4 aliphatic rings. The third-order valence-electron chi connectivity index (χ3n) is 10.3. The van der Waals surface area contributed by atoms with Crippen molar-refractivity contribution in [1.82, 2.24) is 4.72 Å². The lowest BCUT2D eigenvalue weighted by Gasteiger charge is -2.45. The predicted molar refractivity (Wildman–Crippen MR) is 166 cm³/mol. The third-order valence-corrected chi connectivity index (χ3v) is 12.5. The van der Waals surface area contributed by atoms with Crippen LogP contribution in [-0.2, 0) is 21.9 Å². The number of aliphatic hydroxyl groups excluding tert-OH is 1. The van der Waals surface area contributed by atoms with E-state index in [1.807, 2.05) is 25.1 Å². The van der Waals surface area contributed by atoms with Gasteiger partial charge in [-0.15, -0.1) is 0 Å². The van der Waals surface area contributed by atoms with Gasteiger partial charge >= 0.3 is 0 Å². The second-order valence-corrected chi connectivity index (χ2v) is 15.4. The van der Waals surface area contributed by atoms with Crippen molar-refractivity contribution in [3.05, 3.63) is 70.3 Å². The highest BCUT2D eigenvalue weighted by atomic mass is 35.5. The van der Waals surface area contributed by atoms with Crippen molar-refractivity contribution in [3.8, 4) is 5.75 Å². The highest BCUT2D eigenvalue weighted by Gasteiger charge is 2.44. The Morgan fingerprint density at radius 3 is 2.69 bits per heavy atom. The van der Waals surface area contributed by atoms with E-state index in [-0.39, 0.29) is 22.8 Å². The molecule has 0 saturated heterocycles. The summed E-state index contributed by atoms with van der Waals surface area (Å²) in [5.74, 6) is 0.347. The average molecular weight is 613 g/mol. The van der Waals surface area contributed by atoms with Gasteiger partial charge in [-0.1, -0.05) is 36.7 Å². The number of aliphatic hydroxyl groups is 1. The second-order valence-electron chi connectivity index (χ2n) is 13.0. The molecule has 42 heavy (non-hydrogen) atoms. The Balaban J connectivity index is 1.41. The molecule has 1 spiro atoms. The number of hydrogen-bond acceptors (Lipinski definition) is 6. The summed E-state index contributed by atoms with van der Waals surface area (Å²) in [4.78, 5) is 15.7. The number of benzene rings is 2. The Morgan fingerprint density at radius 1 is 1.10 bits per heavy atom. The van der Waals surface area contributed by atoms with Crippen molar-refractivity contribution in [2.75, 3.05) is 24.6 Å². The number of anilines is 1. The molecule has 1 amide bonds. The zero-order valence-electron chi connectivity index (χ0n) is 24.4. The van der Waals surface area contributed by atoms with Gasteiger partial charge in [-0.25, -0.2) is 13.1 Å². The number of carbonyl (C=O) groups excluding carboxylic acids is 1. The van der Waals surface area contributed by atoms with Gasteiger partial charge in [0.05, 0.1) is 23.6 Å². The van der Waals surface area contributed by atoms with E-state index in [4.69, 9.17) is 16.3 Å². The molecule has 2 N–H and O–H groups in total. The molecule has 1 fully saturated rings. The van der Waals surface area contributed by atoms with Crippen LogP contribution in [0.15, 0.2) is 48.6 Å². The van der Waals surface area contributed by atoms with Crippen molar-refractivity contribution >= 4 is 33.2 Å². The molecule has 2 aliphatic carbocycles. The quantitative estimate of drug-likeness (QED) is 0.374. The first-order valence-electron chi connectivity index (χ1n) is 15.3. The molecule has 9 heteroatoms. The topological polar surface area (TPSA) is 95.9 Å². The van der Waals surface area contributed by atoms with Crippen LogP contribution in [0.1, 0.15) is 73.9 Å². The van der Waals surface area contributed by atoms with Crippen LogP contribution >= 0.6 is 11.6 Å². The molecule has 7 nitrogen and oxygen atoms in total. The smallest absolute Gasteiger partial charge is 0.264 e. The van der Waals surface area contributed by atoms with Crippen LogP contribution in [0.3, 0.4) is 0 Å². The molecule has 2 aliphatic heterocycles. The van der Waals surface area contributed by atoms with Gasteiger partial charge in [-0.2, -0.15) is 0 Å². The Hall–Kier alpha value is -2.55. The van der Waals surface area contributed by atoms with Crippen LogP contribution in [0.4, 0.5) is 5.69 Å². The number of nitrogens with one attached hydrogen (secondary N) is 1. The van der Waals surface area contributed by atoms with E-state index in [2.05, 4.69) is 21.8 Å². The van der Waals surface area contributed by atoms with E-state index in [1.54, 1.807) is 25.1 Å². The van der Waals surface area contributed by atoms with Crippen LogP contribution in [0.2, 0.25) is 5.02 Å². The zero-order chi connectivity index (χ0) is 29.6. The number of sulfonamides is 1. The third kappa shape index (κ3) is 5.58. The minimum atomic E-state index is -3.90. The summed E-state index contributed by atoms with van der Waals surface area (Å²) in [7, 11) is -3.90. The Labute approximate surface area is 254 Å². The van der Waals surface area contributed by atoms with E-state index in [9.17, 15) is 18.3 Å². The molecular formula is C33H41ClN2O5S. The van der Waals surface area contributed by atoms with Gasteiger partial charge in [0.2, 0.25) is 10.0 Å². The predicted octanol–water partition coefficient (Wildman–Crippen LogP) is 5.63. The molecule has 0 aromatic heterocycles. The number of amides is 1. The van der Waals surface area contributed by atoms with Crippen molar-refractivity contribution in [2.24, 2.45) is 17.8 Å². The van der Waals surface area contributed by atoms with Crippen LogP contribution < -0.4 is 14.4 Å². The lowest BCUT2D eigenvalue weighted by Crippen LogP contribution is -2.49. The van der Waals surface area contributed by atoms with Gasteiger partial charge in [-0.3, -0.25) is 4.79 Å². The zero-order valence-corrected chi connectivity index (χ0v) is 26.0. The molecule has 0 unspecified atom stereocenters. The van der Waals surface area contributed by atoms with Gasteiger partial charge in [0, 0.05) is 29.1 Å². The minimum Gasteiger partial charge on any atom is -0.490 e. The standard InChI is InChI=1S/C33H41ClN2O5S/c1-21-6-3-4-8-30(37)27-12-9-25(27)18-36-19-33(15-5-7-23-16-26(34)11-13-28(23)33)20-41-31-14-10-24(17-29(31)36)32(38)35-42(39,40)22(21)2/h3-4,10-11,13-14,16-17,21-22,25,27,30,37H,5-9,12,15,18-20H2,1-2H3,(H,35,38)/b4-3-/t21-,22-,25-,27+,30-,33-/m0/s1. The number of hydrogen-bond donors (Lipinski definition) is 2. The van der Waals surface area contributed by atoms with E-state index >= 15 is 0 Å². The number of aryl methyl sites for hydroxylation is 1. The fourth-order valence-corrected chi connectivity index (χ4v) is 8.85.